The number of hydrogen-bond acceptors (Lipinski definition) is 5. The molecule has 0 aromatic carbocycles. The van der Waals surface area contributed by atoms with Gasteiger partial charge >= 0.3 is 5.69 Å². The minimum atomic E-state index is -0.429. The lowest BCUT2D eigenvalue weighted by Gasteiger charge is -2.34. The van der Waals surface area contributed by atoms with Gasteiger partial charge in [0.2, 0.25) is 5.82 Å². The Balaban J connectivity index is 2.11. The molecule has 0 amide bonds. The molecule has 1 aromatic heterocycles. The standard InChI is InChI=1S/C13H20N4O2/c1-13(2)7-5-9(6-8-13)15-12-10(17(18)19)3-4-11(14)16-12/h3-4,9H,5-8H2,1-2H3,(H3,14,15,16). The van der Waals surface area contributed by atoms with E-state index in [4.69, 9.17) is 5.73 Å². The van der Waals surface area contributed by atoms with Gasteiger partial charge < -0.3 is 11.1 Å². The molecule has 0 saturated heterocycles. The molecule has 1 heterocycles. The summed E-state index contributed by atoms with van der Waals surface area (Å²) >= 11 is 0. The van der Waals surface area contributed by atoms with E-state index in [9.17, 15) is 10.1 Å². The van der Waals surface area contributed by atoms with Crippen molar-refractivity contribution in [3.05, 3.63) is 22.2 Å². The number of pyridine rings is 1. The lowest BCUT2D eigenvalue weighted by Crippen LogP contribution is -2.30. The van der Waals surface area contributed by atoms with Gasteiger partial charge in [-0.3, -0.25) is 10.1 Å². The van der Waals surface area contributed by atoms with Gasteiger partial charge in [0.1, 0.15) is 5.82 Å². The van der Waals surface area contributed by atoms with Gasteiger partial charge in [0.25, 0.3) is 0 Å². The first-order valence-corrected chi connectivity index (χ1v) is 6.55. The first-order valence-electron chi connectivity index (χ1n) is 6.55. The molecule has 0 bridgehead atoms. The van der Waals surface area contributed by atoms with Gasteiger partial charge in [-0.1, -0.05) is 13.8 Å². The zero-order valence-corrected chi connectivity index (χ0v) is 11.3. The highest BCUT2D eigenvalue weighted by atomic mass is 16.6. The molecule has 1 saturated carbocycles. The molecule has 0 atom stereocenters. The molecule has 104 valence electrons. The minimum absolute atomic E-state index is 0.0148. The van der Waals surface area contributed by atoms with Crippen molar-refractivity contribution in [3.8, 4) is 0 Å². The molecule has 6 heteroatoms. The van der Waals surface area contributed by atoms with E-state index in [1.807, 2.05) is 0 Å². The summed E-state index contributed by atoms with van der Waals surface area (Å²) in [5.74, 6) is 0.582. The maximum atomic E-state index is 11.0. The van der Waals surface area contributed by atoms with E-state index in [0.717, 1.165) is 25.7 Å². The average molecular weight is 264 g/mol. The molecule has 2 rings (SSSR count). The van der Waals surface area contributed by atoms with Crippen LogP contribution < -0.4 is 11.1 Å². The molecule has 1 aliphatic rings. The maximum absolute atomic E-state index is 11.0. The lowest BCUT2D eigenvalue weighted by atomic mass is 9.75. The van der Waals surface area contributed by atoms with E-state index in [1.165, 1.54) is 12.1 Å². The highest BCUT2D eigenvalue weighted by Gasteiger charge is 2.28. The Kier molecular flexibility index (Phi) is 3.59. The SMILES string of the molecule is CC1(C)CCC(Nc2nc(N)ccc2[N+](=O)[O-])CC1. The van der Waals surface area contributed by atoms with Crippen LogP contribution in [0.4, 0.5) is 17.3 Å². The van der Waals surface area contributed by atoms with Crippen LogP contribution in [0.15, 0.2) is 12.1 Å². The van der Waals surface area contributed by atoms with Crippen molar-refractivity contribution >= 4 is 17.3 Å². The van der Waals surface area contributed by atoms with Crippen molar-refractivity contribution in [1.29, 1.82) is 0 Å². The van der Waals surface area contributed by atoms with Crippen LogP contribution in [0.3, 0.4) is 0 Å². The predicted molar refractivity (Wildman–Crippen MR) is 75.0 cm³/mol. The van der Waals surface area contributed by atoms with Gasteiger partial charge in [0, 0.05) is 12.1 Å². The van der Waals surface area contributed by atoms with Crippen LogP contribution in [0.2, 0.25) is 0 Å². The van der Waals surface area contributed by atoms with Crippen LogP contribution in [0.5, 0.6) is 0 Å². The van der Waals surface area contributed by atoms with E-state index in [1.54, 1.807) is 0 Å². The van der Waals surface area contributed by atoms with Crippen molar-refractivity contribution in [1.82, 2.24) is 4.98 Å². The number of rotatable bonds is 3. The summed E-state index contributed by atoms with van der Waals surface area (Å²) in [5.41, 5.74) is 5.96. The molecule has 0 spiro atoms. The zero-order valence-electron chi connectivity index (χ0n) is 11.3. The number of hydrogen-bond donors (Lipinski definition) is 2. The van der Waals surface area contributed by atoms with Crippen molar-refractivity contribution in [3.63, 3.8) is 0 Å². The van der Waals surface area contributed by atoms with Gasteiger partial charge in [-0.15, -0.1) is 0 Å². The molecule has 0 aliphatic heterocycles. The zero-order chi connectivity index (χ0) is 14.0. The average Bonchev–Trinajstić information content (AvgIpc) is 2.31. The van der Waals surface area contributed by atoms with Crippen molar-refractivity contribution in [2.24, 2.45) is 5.41 Å². The highest BCUT2D eigenvalue weighted by molar-refractivity contribution is 5.59. The molecule has 0 unspecified atom stereocenters. The van der Waals surface area contributed by atoms with Crippen molar-refractivity contribution in [2.45, 2.75) is 45.6 Å². The van der Waals surface area contributed by atoms with E-state index < -0.39 is 4.92 Å². The van der Waals surface area contributed by atoms with Gasteiger partial charge in [-0.2, -0.15) is 0 Å². The fourth-order valence-electron chi connectivity index (χ4n) is 2.46. The van der Waals surface area contributed by atoms with Crippen molar-refractivity contribution in [2.75, 3.05) is 11.1 Å². The fourth-order valence-corrected chi connectivity index (χ4v) is 2.46. The molecular weight excluding hydrogens is 244 g/mol. The second-order valence-electron chi connectivity index (χ2n) is 5.94. The van der Waals surface area contributed by atoms with Gasteiger partial charge in [0.05, 0.1) is 4.92 Å². The number of anilines is 2. The molecule has 1 aromatic rings. The monoisotopic (exact) mass is 264 g/mol. The number of nitrogens with two attached hydrogens (primary N) is 1. The molecule has 19 heavy (non-hydrogen) atoms. The Hall–Kier alpha value is -1.85. The Labute approximate surface area is 112 Å². The van der Waals surface area contributed by atoms with Gasteiger partial charge in [-0.05, 0) is 37.2 Å². The second kappa shape index (κ2) is 5.03. The van der Waals surface area contributed by atoms with Gasteiger partial charge in [0.15, 0.2) is 0 Å². The second-order valence-corrected chi connectivity index (χ2v) is 5.94. The van der Waals surface area contributed by atoms with Crippen molar-refractivity contribution < 1.29 is 4.92 Å². The number of nitro groups is 1. The number of nitrogens with zero attached hydrogens (tertiary/aromatic N) is 2. The van der Waals surface area contributed by atoms with E-state index >= 15 is 0 Å². The Morgan fingerprint density at radius 3 is 2.63 bits per heavy atom. The first-order chi connectivity index (χ1) is 8.87. The Bertz CT molecular complexity index is 478. The largest absolute Gasteiger partial charge is 0.384 e. The smallest absolute Gasteiger partial charge is 0.311 e. The van der Waals surface area contributed by atoms with Crippen LogP contribution >= 0.6 is 0 Å². The molecule has 3 N–H and O–H groups in total. The minimum Gasteiger partial charge on any atom is -0.384 e. The molecule has 1 fully saturated rings. The number of nitrogens with one attached hydrogen (secondary N) is 1. The van der Waals surface area contributed by atoms with Crippen LogP contribution in [-0.4, -0.2) is 15.9 Å². The fraction of sp³-hybridized carbons (Fsp3) is 0.615. The number of aromatic nitrogens is 1. The summed E-state index contributed by atoms with van der Waals surface area (Å²) in [4.78, 5) is 14.6. The summed E-state index contributed by atoms with van der Waals surface area (Å²) in [6.45, 7) is 4.51. The topological polar surface area (TPSA) is 94.1 Å². The van der Waals surface area contributed by atoms with Crippen LogP contribution in [0.1, 0.15) is 39.5 Å². The van der Waals surface area contributed by atoms with E-state index in [2.05, 4.69) is 24.1 Å². The van der Waals surface area contributed by atoms with Gasteiger partial charge in [-0.25, -0.2) is 4.98 Å². The van der Waals surface area contributed by atoms with E-state index in [0.29, 0.717) is 11.2 Å². The Morgan fingerprint density at radius 2 is 2.05 bits per heavy atom. The molecule has 0 radical (unpaired) electrons. The third kappa shape index (κ3) is 3.33. The maximum Gasteiger partial charge on any atom is 0.311 e. The van der Waals surface area contributed by atoms with Crippen LogP contribution in [0, 0.1) is 15.5 Å². The number of nitrogen functional groups attached to an aromatic ring is 1. The molecule has 1 aliphatic carbocycles. The quantitative estimate of drug-likeness (QED) is 0.646. The normalized spacial score (nSPS) is 19.1. The van der Waals surface area contributed by atoms with E-state index in [-0.39, 0.29) is 17.5 Å². The summed E-state index contributed by atoms with van der Waals surface area (Å²) in [6, 6.07) is 3.09. The van der Waals surface area contributed by atoms with Crippen LogP contribution in [0.25, 0.3) is 0 Å². The molecular formula is C13H20N4O2. The Morgan fingerprint density at radius 1 is 1.42 bits per heavy atom. The van der Waals surface area contributed by atoms with Crippen LogP contribution in [-0.2, 0) is 0 Å². The first kappa shape index (κ1) is 13.6. The molecule has 6 nitrogen and oxygen atoms in total. The highest BCUT2D eigenvalue weighted by Crippen LogP contribution is 2.36. The lowest BCUT2D eigenvalue weighted by molar-refractivity contribution is -0.384. The third-order valence-electron chi connectivity index (χ3n) is 3.77. The summed E-state index contributed by atoms with van der Waals surface area (Å²) in [7, 11) is 0. The predicted octanol–water partition coefficient (Wildman–Crippen LogP) is 2.95. The summed E-state index contributed by atoms with van der Waals surface area (Å²) in [5, 5.41) is 14.1. The summed E-state index contributed by atoms with van der Waals surface area (Å²) < 4.78 is 0. The third-order valence-corrected chi connectivity index (χ3v) is 3.77. The summed E-state index contributed by atoms with van der Waals surface area (Å²) in [6.07, 6.45) is 4.23.